The molecule has 3 nitrogen and oxygen atoms in total. The molecule has 0 radical (unpaired) electrons. The van der Waals surface area contributed by atoms with Crippen molar-refractivity contribution in [1.82, 2.24) is 0 Å². The van der Waals surface area contributed by atoms with Gasteiger partial charge in [0, 0.05) is 12.0 Å². The number of Topliss-reactive ketones (excluding diaryl/α,β-unsaturated/α-hetero) is 1. The van der Waals surface area contributed by atoms with Crippen LogP contribution in [0.15, 0.2) is 24.3 Å². The van der Waals surface area contributed by atoms with Gasteiger partial charge in [-0.15, -0.1) is 0 Å². The van der Waals surface area contributed by atoms with E-state index in [2.05, 4.69) is 0 Å². The number of aryl methyl sites for hydroxylation is 1. The van der Waals surface area contributed by atoms with Crippen molar-refractivity contribution in [2.75, 3.05) is 0 Å². The summed E-state index contributed by atoms with van der Waals surface area (Å²) in [7, 11) is -0.208. The molecule has 0 saturated carbocycles. The number of benzene rings is 1. The van der Waals surface area contributed by atoms with E-state index in [-0.39, 0.29) is 24.1 Å². The van der Waals surface area contributed by atoms with E-state index in [9.17, 15) is 4.79 Å². The van der Waals surface area contributed by atoms with Crippen LogP contribution in [0.5, 0.6) is 0 Å². The molecule has 1 aliphatic heterocycles. The molecule has 1 aliphatic rings. The Bertz CT molecular complexity index is 489. The minimum Gasteiger partial charge on any atom is -0.403 e. The molecule has 0 atom stereocenters. The second-order valence-corrected chi connectivity index (χ2v) is 6.87. The Balaban J connectivity index is 1.80. The van der Waals surface area contributed by atoms with Crippen molar-refractivity contribution in [2.45, 2.75) is 65.0 Å². The topological polar surface area (TPSA) is 35.5 Å². The maximum Gasteiger partial charge on any atom is 0.457 e. The zero-order valence-electron chi connectivity index (χ0n) is 13.7. The van der Waals surface area contributed by atoms with Crippen molar-refractivity contribution in [1.29, 1.82) is 0 Å². The SMILES string of the molecule is Cc1ccc(C(=O)CCCB2OC(C)(C)C(C)(C)O2)cc1. The summed E-state index contributed by atoms with van der Waals surface area (Å²) in [6.45, 7) is 10.2. The molecular formula is C17H25BO3. The molecule has 0 unspecified atom stereocenters. The number of carbonyl (C=O) groups excluding carboxylic acids is 1. The van der Waals surface area contributed by atoms with Gasteiger partial charge in [0.1, 0.15) is 0 Å². The van der Waals surface area contributed by atoms with E-state index >= 15 is 0 Å². The van der Waals surface area contributed by atoms with Gasteiger partial charge in [-0.05, 0) is 47.4 Å². The first-order valence-electron chi connectivity index (χ1n) is 7.67. The maximum atomic E-state index is 12.1. The van der Waals surface area contributed by atoms with Crippen LogP contribution < -0.4 is 0 Å². The van der Waals surface area contributed by atoms with Crippen molar-refractivity contribution < 1.29 is 14.1 Å². The third-order valence-electron chi connectivity index (χ3n) is 4.52. The van der Waals surface area contributed by atoms with Gasteiger partial charge in [0.2, 0.25) is 0 Å². The van der Waals surface area contributed by atoms with Crippen LogP contribution in [0.2, 0.25) is 6.32 Å². The third kappa shape index (κ3) is 3.75. The van der Waals surface area contributed by atoms with Crippen molar-refractivity contribution in [3.05, 3.63) is 35.4 Å². The Morgan fingerprint density at radius 2 is 1.57 bits per heavy atom. The van der Waals surface area contributed by atoms with E-state index in [1.807, 2.05) is 58.9 Å². The average molecular weight is 288 g/mol. The number of ketones is 1. The van der Waals surface area contributed by atoms with Crippen LogP contribution in [0.25, 0.3) is 0 Å². The molecule has 4 heteroatoms. The van der Waals surface area contributed by atoms with Gasteiger partial charge < -0.3 is 9.31 Å². The second kappa shape index (κ2) is 5.94. The van der Waals surface area contributed by atoms with Crippen LogP contribution in [0, 0.1) is 6.92 Å². The Kier molecular flexibility index (Phi) is 4.59. The molecule has 1 heterocycles. The van der Waals surface area contributed by atoms with E-state index < -0.39 is 0 Å². The highest BCUT2D eigenvalue weighted by Crippen LogP contribution is 2.38. The normalized spacial score (nSPS) is 19.8. The summed E-state index contributed by atoms with van der Waals surface area (Å²) in [5.41, 5.74) is 1.37. The summed E-state index contributed by atoms with van der Waals surface area (Å²) in [5.74, 6) is 0.187. The second-order valence-electron chi connectivity index (χ2n) is 6.87. The highest BCUT2D eigenvalue weighted by molar-refractivity contribution is 6.45. The first kappa shape index (κ1) is 16.2. The number of carbonyl (C=O) groups is 1. The Morgan fingerprint density at radius 3 is 2.10 bits per heavy atom. The largest absolute Gasteiger partial charge is 0.457 e. The minimum atomic E-state index is -0.293. The van der Waals surface area contributed by atoms with E-state index in [1.54, 1.807) is 0 Å². The van der Waals surface area contributed by atoms with Crippen molar-refractivity contribution in [3.8, 4) is 0 Å². The van der Waals surface area contributed by atoms with Gasteiger partial charge in [-0.25, -0.2) is 0 Å². The molecule has 0 spiro atoms. The molecule has 0 aromatic heterocycles. The predicted molar refractivity (Wildman–Crippen MR) is 85.6 cm³/mol. The van der Waals surface area contributed by atoms with E-state index in [4.69, 9.17) is 9.31 Å². The molecule has 1 aromatic carbocycles. The highest BCUT2D eigenvalue weighted by Gasteiger charge is 2.50. The monoisotopic (exact) mass is 288 g/mol. The van der Waals surface area contributed by atoms with Crippen LogP contribution in [0.4, 0.5) is 0 Å². The quantitative estimate of drug-likeness (QED) is 0.605. The van der Waals surface area contributed by atoms with Gasteiger partial charge in [-0.2, -0.15) is 0 Å². The third-order valence-corrected chi connectivity index (χ3v) is 4.52. The van der Waals surface area contributed by atoms with Crippen molar-refractivity contribution in [2.24, 2.45) is 0 Å². The lowest BCUT2D eigenvalue weighted by Crippen LogP contribution is -2.41. The minimum absolute atomic E-state index is 0.187. The summed E-state index contributed by atoms with van der Waals surface area (Å²) < 4.78 is 11.9. The van der Waals surface area contributed by atoms with Crippen molar-refractivity contribution in [3.63, 3.8) is 0 Å². The summed E-state index contributed by atoms with van der Waals surface area (Å²) >= 11 is 0. The predicted octanol–water partition coefficient (Wildman–Crippen LogP) is 4.05. The molecule has 0 amide bonds. The van der Waals surface area contributed by atoms with Gasteiger partial charge >= 0.3 is 7.12 Å². The van der Waals surface area contributed by atoms with Gasteiger partial charge in [0.15, 0.2) is 5.78 Å². The molecule has 21 heavy (non-hydrogen) atoms. The molecule has 114 valence electrons. The van der Waals surface area contributed by atoms with Crippen molar-refractivity contribution >= 4 is 12.9 Å². The fourth-order valence-electron chi connectivity index (χ4n) is 2.40. The Labute approximate surface area is 128 Å². The fraction of sp³-hybridized carbons (Fsp3) is 0.588. The highest BCUT2D eigenvalue weighted by atomic mass is 16.7. The molecule has 1 saturated heterocycles. The molecular weight excluding hydrogens is 263 g/mol. The van der Waals surface area contributed by atoms with Gasteiger partial charge in [-0.1, -0.05) is 29.8 Å². The zero-order valence-corrected chi connectivity index (χ0v) is 13.7. The first-order valence-corrected chi connectivity index (χ1v) is 7.67. The van der Waals surface area contributed by atoms with Crippen LogP contribution in [-0.2, 0) is 9.31 Å². The summed E-state index contributed by atoms with van der Waals surface area (Å²) in [5, 5.41) is 0. The standard InChI is InChI=1S/C17H25BO3/c1-13-8-10-14(11-9-13)15(19)7-6-12-18-20-16(2,3)17(4,5)21-18/h8-11H,6-7,12H2,1-5H3. The first-order chi connectivity index (χ1) is 9.71. The number of hydrogen-bond acceptors (Lipinski definition) is 3. The van der Waals surface area contributed by atoms with Gasteiger partial charge in [-0.3, -0.25) is 4.79 Å². The summed E-state index contributed by atoms with van der Waals surface area (Å²) in [4.78, 5) is 12.1. The van der Waals surface area contributed by atoms with E-state index in [0.717, 1.165) is 18.3 Å². The molecule has 1 fully saturated rings. The molecule has 0 N–H and O–H groups in total. The molecule has 1 aromatic rings. The van der Waals surface area contributed by atoms with E-state index in [1.165, 1.54) is 5.56 Å². The van der Waals surface area contributed by atoms with Crippen LogP contribution >= 0.6 is 0 Å². The average Bonchev–Trinajstić information content (AvgIpc) is 2.58. The number of hydrogen-bond donors (Lipinski definition) is 0. The van der Waals surface area contributed by atoms with Crippen LogP contribution in [0.1, 0.15) is 56.5 Å². The molecule has 0 bridgehead atoms. The lowest BCUT2D eigenvalue weighted by Gasteiger charge is -2.32. The Hall–Kier alpha value is -1.13. The lowest BCUT2D eigenvalue weighted by molar-refractivity contribution is 0.00578. The molecule has 2 rings (SSSR count). The molecule has 0 aliphatic carbocycles. The summed E-state index contributed by atoms with van der Waals surface area (Å²) in [6, 6.07) is 7.74. The lowest BCUT2D eigenvalue weighted by atomic mass is 9.82. The smallest absolute Gasteiger partial charge is 0.403 e. The Morgan fingerprint density at radius 1 is 1.05 bits per heavy atom. The maximum absolute atomic E-state index is 12.1. The van der Waals surface area contributed by atoms with Crippen LogP contribution in [0.3, 0.4) is 0 Å². The fourth-order valence-corrected chi connectivity index (χ4v) is 2.40. The number of rotatable bonds is 5. The van der Waals surface area contributed by atoms with Crippen LogP contribution in [-0.4, -0.2) is 24.1 Å². The zero-order chi connectivity index (χ0) is 15.7. The van der Waals surface area contributed by atoms with Gasteiger partial charge in [0.25, 0.3) is 0 Å². The summed E-state index contributed by atoms with van der Waals surface area (Å²) in [6.07, 6.45) is 2.07. The van der Waals surface area contributed by atoms with E-state index in [0.29, 0.717) is 6.42 Å². The van der Waals surface area contributed by atoms with Gasteiger partial charge in [0.05, 0.1) is 11.2 Å².